The molecule has 0 spiro atoms. The van der Waals surface area contributed by atoms with Crippen LogP contribution in [-0.4, -0.2) is 29.2 Å². The molecule has 0 aliphatic heterocycles. The molecule has 19 heavy (non-hydrogen) atoms. The highest BCUT2D eigenvalue weighted by Gasteiger charge is 2.23. The van der Waals surface area contributed by atoms with Gasteiger partial charge >= 0.3 is 0 Å². The number of hydrogen-bond donors (Lipinski definition) is 2. The summed E-state index contributed by atoms with van der Waals surface area (Å²) in [6.45, 7) is 0.125. The fraction of sp³-hybridized carbons (Fsp3) is 0.538. The number of nitrogens with zero attached hydrogens (tertiary/aromatic N) is 2. The van der Waals surface area contributed by atoms with Crippen LogP contribution in [-0.2, 0) is 0 Å². The highest BCUT2D eigenvalue weighted by atomic mass is 35.5. The number of hydrogen-bond acceptors (Lipinski definition) is 4. The van der Waals surface area contributed by atoms with E-state index in [0.29, 0.717) is 30.3 Å². The van der Waals surface area contributed by atoms with Crippen LogP contribution in [0, 0.1) is 17.8 Å². The smallest absolute Gasteiger partial charge is 0.224 e. The van der Waals surface area contributed by atoms with E-state index in [9.17, 15) is 4.39 Å². The van der Waals surface area contributed by atoms with Gasteiger partial charge in [0.15, 0.2) is 0 Å². The standard InChI is InChI=1S/C13H16ClFN4/c14-13-18-8-10(3-2-9-6-11(16)7-9)12(19-13)17-5-1-4-15/h8-9,11H,1,4-7,16H2,(H,17,18,19)/t9-,11+. The summed E-state index contributed by atoms with van der Waals surface area (Å²) in [5.41, 5.74) is 6.39. The van der Waals surface area contributed by atoms with Crippen molar-refractivity contribution in [1.82, 2.24) is 9.97 Å². The van der Waals surface area contributed by atoms with Gasteiger partial charge in [-0.05, 0) is 30.9 Å². The molecule has 0 bridgehead atoms. The van der Waals surface area contributed by atoms with Crippen LogP contribution in [0.1, 0.15) is 24.8 Å². The van der Waals surface area contributed by atoms with Crippen LogP contribution in [0.15, 0.2) is 6.20 Å². The van der Waals surface area contributed by atoms with Gasteiger partial charge in [-0.15, -0.1) is 0 Å². The van der Waals surface area contributed by atoms with E-state index < -0.39 is 0 Å². The number of halogens is 2. The number of nitrogens with one attached hydrogen (secondary N) is 1. The van der Waals surface area contributed by atoms with Gasteiger partial charge in [-0.2, -0.15) is 4.98 Å². The van der Waals surface area contributed by atoms with Crippen molar-refractivity contribution >= 4 is 17.4 Å². The number of aromatic nitrogens is 2. The maximum absolute atomic E-state index is 12.1. The summed E-state index contributed by atoms with van der Waals surface area (Å²) in [6.07, 6.45) is 3.88. The maximum Gasteiger partial charge on any atom is 0.224 e. The molecule has 1 aromatic rings. The molecule has 1 heterocycles. The number of alkyl halides is 1. The van der Waals surface area contributed by atoms with Crippen molar-refractivity contribution in [1.29, 1.82) is 0 Å². The molecule has 0 radical (unpaired) electrons. The average Bonchev–Trinajstić information content (AvgIpc) is 2.35. The van der Waals surface area contributed by atoms with Crippen LogP contribution in [0.25, 0.3) is 0 Å². The van der Waals surface area contributed by atoms with Crippen molar-refractivity contribution in [3.63, 3.8) is 0 Å². The van der Waals surface area contributed by atoms with Crippen LogP contribution in [0.4, 0.5) is 10.2 Å². The summed E-state index contributed by atoms with van der Waals surface area (Å²) in [6, 6.07) is 0.280. The van der Waals surface area contributed by atoms with Crippen LogP contribution in [0.5, 0.6) is 0 Å². The number of nitrogens with two attached hydrogens (primary N) is 1. The molecule has 0 atom stereocenters. The molecule has 1 saturated carbocycles. The van der Waals surface area contributed by atoms with Gasteiger partial charge in [0.2, 0.25) is 5.28 Å². The van der Waals surface area contributed by atoms with Gasteiger partial charge in [0.1, 0.15) is 5.82 Å². The monoisotopic (exact) mass is 282 g/mol. The Kier molecular flexibility index (Phi) is 4.94. The Hall–Kier alpha value is -1.38. The SMILES string of the molecule is N[C@H]1C[C@@H](C#Cc2cnc(Cl)nc2NCCCF)C1. The van der Waals surface area contributed by atoms with Gasteiger partial charge in [0, 0.05) is 24.7 Å². The first-order chi connectivity index (χ1) is 9.19. The lowest BCUT2D eigenvalue weighted by molar-refractivity contribution is 0.335. The van der Waals surface area contributed by atoms with Gasteiger partial charge in [0.05, 0.1) is 12.2 Å². The van der Waals surface area contributed by atoms with Crippen LogP contribution < -0.4 is 11.1 Å². The predicted molar refractivity (Wildman–Crippen MR) is 73.7 cm³/mol. The molecule has 1 aliphatic carbocycles. The molecule has 1 aliphatic rings. The van der Waals surface area contributed by atoms with Crippen LogP contribution in [0.3, 0.4) is 0 Å². The third kappa shape index (κ3) is 4.05. The lowest BCUT2D eigenvalue weighted by Gasteiger charge is -2.27. The Morgan fingerprint density at radius 2 is 2.32 bits per heavy atom. The van der Waals surface area contributed by atoms with E-state index in [-0.39, 0.29) is 18.0 Å². The topological polar surface area (TPSA) is 63.8 Å². The van der Waals surface area contributed by atoms with Crippen molar-refractivity contribution < 1.29 is 4.39 Å². The van der Waals surface area contributed by atoms with Crippen LogP contribution >= 0.6 is 11.6 Å². The normalized spacial score (nSPS) is 21.2. The minimum absolute atomic E-state index is 0.152. The Bertz CT molecular complexity index is 491. The number of rotatable bonds is 4. The molecule has 1 aromatic heterocycles. The maximum atomic E-state index is 12.1. The quantitative estimate of drug-likeness (QED) is 0.504. The molecule has 102 valence electrons. The summed E-state index contributed by atoms with van der Waals surface area (Å²) in [5.74, 6) is 7.10. The molecule has 1 fully saturated rings. The zero-order chi connectivity index (χ0) is 13.7. The van der Waals surface area contributed by atoms with Crippen molar-refractivity contribution in [2.75, 3.05) is 18.5 Å². The molecule has 0 amide bonds. The molecule has 4 nitrogen and oxygen atoms in total. The Labute approximate surface area is 117 Å². The minimum Gasteiger partial charge on any atom is -0.369 e. The first-order valence-electron chi connectivity index (χ1n) is 6.28. The number of anilines is 1. The second-order valence-corrected chi connectivity index (χ2v) is 4.91. The van der Waals surface area contributed by atoms with Crippen molar-refractivity contribution in [3.05, 3.63) is 17.0 Å². The van der Waals surface area contributed by atoms with E-state index in [1.165, 1.54) is 0 Å². The van der Waals surface area contributed by atoms with Crippen molar-refractivity contribution in [3.8, 4) is 11.8 Å². The summed E-state index contributed by atoms with van der Waals surface area (Å²) < 4.78 is 12.1. The lowest BCUT2D eigenvalue weighted by Crippen LogP contribution is -2.35. The average molecular weight is 283 g/mol. The Morgan fingerprint density at radius 3 is 3.00 bits per heavy atom. The molecule has 6 heteroatoms. The van der Waals surface area contributed by atoms with Crippen LogP contribution in [0.2, 0.25) is 5.28 Å². The van der Waals surface area contributed by atoms with Gasteiger partial charge in [-0.1, -0.05) is 11.8 Å². The Morgan fingerprint density at radius 1 is 1.53 bits per heavy atom. The molecule has 0 aromatic carbocycles. The van der Waals surface area contributed by atoms with E-state index in [1.807, 2.05) is 0 Å². The molecule has 0 saturated heterocycles. The zero-order valence-electron chi connectivity index (χ0n) is 10.5. The van der Waals surface area contributed by atoms with Gasteiger partial charge in [0.25, 0.3) is 0 Å². The van der Waals surface area contributed by atoms with Gasteiger partial charge in [-0.25, -0.2) is 4.98 Å². The van der Waals surface area contributed by atoms with E-state index in [1.54, 1.807) is 6.20 Å². The van der Waals surface area contributed by atoms with Gasteiger partial charge < -0.3 is 11.1 Å². The molecule has 0 unspecified atom stereocenters. The third-order valence-corrected chi connectivity index (χ3v) is 3.13. The summed E-state index contributed by atoms with van der Waals surface area (Å²) in [7, 11) is 0. The highest BCUT2D eigenvalue weighted by molar-refractivity contribution is 6.28. The second kappa shape index (κ2) is 6.69. The van der Waals surface area contributed by atoms with E-state index in [2.05, 4.69) is 27.1 Å². The zero-order valence-corrected chi connectivity index (χ0v) is 11.3. The van der Waals surface area contributed by atoms with Gasteiger partial charge in [-0.3, -0.25) is 4.39 Å². The lowest BCUT2D eigenvalue weighted by atomic mass is 9.81. The molecule has 2 rings (SSSR count). The summed E-state index contributed by atoms with van der Waals surface area (Å²) in [4.78, 5) is 7.99. The highest BCUT2D eigenvalue weighted by Crippen LogP contribution is 2.24. The molecule has 3 N–H and O–H groups in total. The van der Waals surface area contributed by atoms with Crippen molar-refractivity contribution in [2.24, 2.45) is 11.7 Å². The second-order valence-electron chi connectivity index (χ2n) is 4.57. The van der Waals surface area contributed by atoms with E-state index in [4.69, 9.17) is 17.3 Å². The summed E-state index contributed by atoms with van der Waals surface area (Å²) in [5, 5.41) is 3.17. The largest absolute Gasteiger partial charge is 0.369 e. The Balaban J connectivity index is 2.05. The van der Waals surface area contributed by atoms with E-state index in [0.717, 1.165) is 12.8 Å². The minimum atomic E-state index is -0.368. The van der Waals surface area contributed by atoms with E-state index >= 15 is 0 Å². The molecular weight excluding hydrogens is 267 g/mol. The molecular formula is C13H16ClFN4. The fourth-order valence-electron chi connectivity index (χ4n) is 1.82. The predicted octanol–water partition coefficient (Wildman–Crippen LogP) is 1.99. The van der Waals surface area contributed by atoms with Crippen molar-refractivity contribution in [2.45, 2.75) is 25.3 Å². The first kappa shape index (κ1) is 14.0. The summed E-state index contributed by atoms with van der Waals surface area (Å²) >= 11 is 5.75. The fourth-order valence-corrected chi connectivity index (χ4v) is 1.95. The first-order valence-corrected chi connectivity index (χ1v) is 6.66. The third-order valence-electron chi connectivity index (χ3n) is 2.95.